The lowest BCUT2D eigenvalue weighted by Gasteiger charge is -1.93. The van der Waals surface area contributed by atoms with Crippen LogP contribution in [0.4, 0.5) is 0 Å². The largest absolute Gasteiger partial charge is 0.392 e. The van der Waals surface area contributed by atoms with Gasteiger partial charge in [-0.1, -0.05) is 0 Å². The Labute approximate surface area is 143 Å². The molecule has 0 atom stereocenters. The third-order valence-corrected chi connectivity index (χ3v) is 4.82. The first-order valence-electron chi connectivity index (χ1n) is 6.75. The van der Waals surface area contributed by atoms with Gasteiger partial charge >= 0.3 is 0 Å². The van der Waals surface area contributed by atoms with Gasteiger partial charge in [0.25, 0.3) is 0 Å². The Balaban J connectivity index is 0.000000206. The summed E-state index contributed by atoms with van der Waals surface area (Å²) in [4.78, 5) is 0. The van der Waals surface area contributed by atoms with Gasteiger partial charge in [-0.2, -0.15) is 39.3 Å². The molecule has 0 aliphatic rings. The molecule has 0 unspecified atom stereocenters. The lowest BCUT2D eigenvalue weighted by molar-refractivity contribution is 0.282. The van der Waals surface area contributed by atoms with Crippen molar-refractivity contribution in [1.29, 1.82) is 5.26 Å². The molecule has 0 fully saturated rings. The summed E-state index contributed by atoms with van der Waals surface area (Å²) in [6, 6.07) is 8.07. The minimum absolute atomic E-state index is 0.170. The number of aryl methyl sites for hydroxylation is 2. The molecule has 0 radical (unpaired) electrons. The lowest BCUT2D eigenvalue weighted by Crippen LogP contribution is -1.85. The molecular formula is C17H19NOS3. The van der Waals surface area contributed by atoms with Crippen molar-refractivity contribution in [1.82, 2.24) is 0 Å². The number of rotatable bonds is 4. The van der Waals surface area contributed by atoms with E-state index in [0.717, 1.165) is 5.56 Å². The SMILES string of the molecule is CC#N.OCc1ccsc1.c1cc(CCc2ccsc2)cs1. The highest BCUT2D eigenvalue weighted by Crippen LogP contribution is 2.12. The predicted octanol–water partition coefficient (Wildman–Crippen LogP) is 5.37. The van der Waals surface area contributed by atoms with E-state index in [4.69, 9.17) is 10.4 Å². The van der Waals surface area contributed by atoms with E-state index in [2.05, 4.69) is 33.7 Å². The van der Waals surface area contributed by atoms with Crippen LogP contribution in [-0.4, -0.2) is 5.11 Å². The zero-order valence-corrected chi connectivity index (χ0v) is 14.9. The van der Waals surface area contributed by atoms with E-state index in [0.29, 0.717) is 0 Å². The van der Waals surface area contributed by atoms with Crippen LogP contribution in [0.1, 0.15) is 23.6 Å². The van der Waals surface area contributed by atoms with Gasteiger partial charge in [-0.3, -0.25) is 0 Å². The van der Waals surface area contributed by atoms with Crippen LogP contribution >= 0.6 is 34.0 Å². The Morgan fingerprint density at radius 2 is 1.23 bits per heavy atom. The van der Waals surface area contributed by atoms with Crippen molar-refractivity contribution in [2.24, 2.45) is 0 Å². The van der Waals surface area contributed by atoms with Gasteiger partial charge < -0.3 is 5.11 Å². The maximum atomic E-state index is 8.43. The number of hydrogen-bond donors (Lipinski definition) is 1. The van der Waals surface area contributed by atoms with Crippen molar-refractivity contribution in [3.8, 4) is 6.07 Å². The summed E-state index contributed by atoms with van der Waals surface area (Å²) in [7, 11) is 0. The summed E-state index contributed by atoms with van der Waals surface area (Å²) < 4.78 is 0. The maximum absolute atomic E-state index is 8.43. The van der Waals surface area contributed by atoms with Crippen molar-refractivity contribution in [3.05, 3.63) is 67.2 Å². The molecule has 3 aromatic heterocycles. The second kappa shape index (κ2) is 12.1. The summed E-state index contributed by atoms with van der Waals surface area (Å²) in [5, 5.41) is 28.4. The fourth-order valence-corrected chi connectivity index (χ4v) is 3.61. The van der Waals surface area contributed by atoms with Gasteiger partial charge in [-0.05, 0) is 80.0 Å². The van der Waals surface area contributed by atoms with Crippen LogP contribution in [-0.2, 0) is 19.4 Å². The molecule has 0 spiro atoms. The Bertz CT molecular complexity index is 573. The standard InChI is InChI=1S/C10H10S2.C5H6OS.C2H3N/c1(9-3-5-11-7-9)2-10-4-6-12-8-10;6-3-5-1-2-7-4-5;1-2-3/h3-8H,1-2H2;1-2,4,6H,3H2;1H3. The van der Waals surface area contributed by atoms with E-state index in [-0.39, 0.29) is 6.61 Å². The fourth-order valence-electron chi connectivity index (χ4n) is 1.54. The normalized spacial score (nSPS) is 8.95. The van der Waals surface area contributed by atoms with E-state index < -0.39 is 0 Å². The first-order chi connectivity index (χ1) is 10.8. The average molecular weight is 350 g/mol. The number of nitrogens with zero attached hydrogens (tertiary/aromatic N) is 1. The minimum atomic E-state index is 0.170. The summed E-state index contributed by atoms with van der Waals surface area (Å²) in [6.45, 7) is 1.60. The van der Waals surface area contributed by atoms with Crippen LogP contribution in [0, 0.1) is 11.3 Å². The number of hydrogen-bond acceptors (Lipinski definition) is 5. The van der Waals surface area contributed by atoms with Crippen LogP contribution < -0.4 is 0 Å². The Morgan fingerprint density at radius 1 is 0.864 bits per heavy atom. The molecule has 1 N–H and O–H groups in total. The van der Waals surface area contributed by atoms with Gasteiger partial charge in [0, 0.05) is 6.92 Å². The van der Waals surface area contributed by atoms with Crippen LogP contribution in [0.3, 0.4) is 0 Å². The summed E-state index contributed by atoms with van der Waals surface area (Å²) in [6.07, 6.45) is 2.36. The smallest absolute Gasteiger partial charge is 0.0689 e. The zero-order chi connectivity index (χ0) is 16.0. The van der Waals surface area contributed by atoms with Crippen LogP contribution in [0.2, 0.25) is 0 Å². The Morgan fingerprint density at radius 3 is 1.45 bits per heavy atom. The lowest BCUT2D eigenvalue weighted by atomic mass is 10.1. The van der Waals surface area contributed by atoms with E-state index in [9.17, 15) is 0 Å². The second-order valence-electron chi connectivity index (χ2n) is 4.28. The van der Waals surface area contributed by atoms with Crippen LogP contribution in [0.25, 0.3) is 0 Å². The van der Waals surface area contributed by atoms with E-state index >= 15 is 0 Å². The van der Waals surface area contributed by atoms with Gasteiger partial charge in [-0.25, -0.2) is 0 Å². The molecule has 2 nitrogen and oxygen atoms in total. The highest BCUT2D eigenvalue weighted by molar-refractivity contribution is 7.08. The molecule has 5 heteroatoms. The third kappa shape index (κ3) is 8.11. The first-order valence-corrected chi connectivity index (χ1v) is 9.58. The topological polar surface area (TPSA) is 44.0 Å². The molecule has 3 heterocycles. The quantitative estimate of drug-likeness (QED) is 0.688. The van der Waals surface area contributed by atoms with E-state index in [1.54, 1.807) is 40.1 Å². The van der Waals surface area contributed by atoms with Gasteiger partial charge in [-0.15, -0.1) is 0 Å². The molecule has 0 bridgehead atoms. The molecule has 3 aromatic rings. The highest BCUT2D eigenvalue weighted by atomic mass is 32.1. The molecule has 116 valence electrons. The molecular weight excluding hydrogens is 330 g/mol. The molecule has 22 heavy (non-hydrogen) atoms. The van der Waals surface area contributed by atoms with Crippen molar-refractivity contribution in [2.75, 3.05) is 0 Å². The van der Waals surface area contributed by atoms with Gasteiger partial charge in [0.15, 0.2) is 0 Å². The Kier molecular flexibility index (Phi) is 10.3. The molecule has 0 aliphatic heterocycles. The fraction of sp³-hybridized carbons (Fsp3) is 0.235. The van der Waals surface area contributed by atoms with Crippen molar-refractivity contribution in [3.63, 3.8) is 0 Å². The Hall–Kier alpha value is -1.45. The number of thiophene rings is 3. The zero-order valence-electron chi connectivity index (χ0n) is 12.4. The summed E-state index contributed by atoms with van der Waals surface area (Å²) in [5.41, 5.74) is 3.93. The van der Waals surface area contributed by atoms with Gasteiger partial charge in [0.2, 0.25) is 0 Å². The summed E-state index contributed by atoms with van der Waals surface area (Å²) in [5.74, 6) is 0. The van der Waals surface area contributed by atoms with Crippen molar-refractivity contribution in [2.45, 2.75) is 26.4 Å². The molecule has 0 saturated heterocycles. The van der Waals surface area contributed by atoms with E-state index in [1.165, 1.54) is 30.9 Å². The predicted molar refractivity (Wildman–Crippen MR) is 97.6 cm³/mol. The molecule has 0 aliphatic carbocycles. The third-order valence-electron chi connectivity index (χ3n) is 2.63. The molecule has 0 amide bonds. The maximum Gasteiger partial charge on any atom is 0.0689 e. The van der Waals surface area contributed by atoms with Crippen LogP contribution in [0.5, 0.6) is 0 Å². The average Bonchev–Trinajstić information content (AvgIpc) is 3.28. The van der Waals surface area contributed by atoms with Crippen molar-refractivity contribution >= 4 is 34.0 Å². The number of aliphatic hydroxyl groups excluding tert-OH is 1. The van der Waals surface area contributed by atoms with Gasteiger partial charge in [0.05, 0.1) is 12.7 Å². The number of nitriles is 1. The van der Waals surface area contributed by atoms with Crippen molar-refractivity contribution < 1.29 is 5.11 Å². The second-order valence-corrected chi connectivity index (χ2v) is 6.62. The van der Waals surface area contributed by atoms with Crippen LogP contribution in [0.15, 0.2) is 50.5 Å². The first kappa shape index (κ1) is 18.6. The monoisotopic (exact) mass is 349 g/mol. The molecule has 0 saturated carbocycles. The highest BCUT2D eigenvalue weighted by Gasteiger charge is 1.95. The number of aliphatic hydroxyl groups is 1. The minimum Gasteiger partial charge on any atom is -0.392 e. The molecule has 3 rings (SSSR count). The summed E-state index contributed by atoms with van der Waals surface area (Å²) >= 11 is 5.16. The van der Waals surface area contributed by atoms with Gasteiger partial charge in [0.1, 0.15) is 0 Å². The van der Waals surface area contributed by atoms with E-state index in [1.807, 2.05) is 16.8 Å². The molecule has 0 aromatic carbocycles.